The fourth-order valence-electron chi connectivity index (χ4n) is 2.32. The van der Waals surface area contributed by atoms with Crippen molar-refractivity contribution in [2.45, 2.75) is 31.8 Å². The number of hydrogen-bond acceptors (Lipinski definition) is 11. The predicted molar refractivity (Wildman–Crippen MR) is 113 cm³/mol. The Balaban J connectivity index is 3.28. The molecule has 5 atom stereocenters. The van der Waals surface area contributed by atoms with Crippen LogP contribution in [0.5, 0.6) is 0 Å². The molecule has 0 aliphatic carbocycles. The Morgan fingerprint density at radius 2 is 1.79 bits per heavy atom. The second-order valence-corrected chi connectivity index (χ2v) is 11.4. The number of ether oxygens (including phenoxy) is 1. The minimum absolute atomic E-state index is 0.228. The second-order valence-electron chi connectivity index (χ2n) is 6.99. The number of rotatable bonds is 13. The molecule has 7 N–H and O–H groups in total. The Hall–Kier alpha value is -1.32. The largest absolute Gasteiger partial charge is 0.490 e. The first-order valence-corrected chi connectivity index (χ1v) is 13.5. The molecule has 0 fully saturated rings. The van der Waals surface area contributed by atoms with Crippen LogP contribution in [0.25, 0.3) is 0 Å². The summed E-state index contributed by atoms with van der Waals surface area (Å²) < 4.78 is 66.6. The summed E-state index contributed by atoms with van der Waals surface area (Å²) in [7, 11) is -16.1. The first kappa shape index (κ1) is 30.7. The number of anilines is 1. The van der Waals surface area contributed by atoms with E-state index in [2.05, 4.69) is 18.1 Å². The maximum Gasteiger partial charge on any atom is 0.490 e. The summed E-state index contributed by atoms with van der Waals surface area (Å²) in [4.78, 5) is 51.4. The molecular formula is C14H25FN3O13P3. The lowest BCUT2D eigenvalue weighted by Crippen LogP contribution is -2.51. The van der Waals surface area contributed by atoms with Gasteiger partial charge in [-0.2, -0.15) is 13.6 Å². The monoisotopic (exact) mass is 555 g/mol. The highest BCUT2D eigenvalue weighted by Crippen LogP contribution is 2.66. The van der Waals surface area contributed by atoms with E-state index in [4.69, 9.17) is 20.3 Å². The Labute approximate surface area is 192 Å². The number of phosphoric ester groups is 1. The Bertz CT molecular complexity index is 1080. The number of aliphatic hydroxyl groups is 1. The number of aromatic nitrogens is 2. The Kier molecular flexibility index (Phi) is 10.5. The van der Waals surface area contributed by atoms with E-state index >= 15 is 4.39 Å². The van der Waals surface area contributed by atoms with Gasteiger partial charge in [-0.1, -0.05) is 26.0 Å². The second kappa shape index (κ2) is 11.6. The first-order valence-electron chi connectivity index (χ1n) is 9.03. The van der Waals surface area contributed by atoms with E-state index in [0.29, 0.717) is 4.57 Å². The molecule has 20 heteroatoms. The van der Waals surface area contributed by atoms with Crippen molar-refractivity contribution in [2.75, 3.05) is 19.5 Å². The Morgan fingerprint density at radius 3 is 2.26 bits per heavy atom. The highest BCUT2D eigenvalue weighted by molar-refractivity contribution is 7.66. The van der Waals surface area contributed by atoms with Gasteiger partial charge in [0.25, 0.3) is 0 Å². The fraction of sp³-hybridized carbons (Fsp3) is 0.571. The van der Waals surface area contributed by atoms with Gasteiger partial charge in [-0.3, -0.25) is 9.09 Å². The number of aliphatic hydroxyl groups excluding tert-OH is 1. The minimum Gasteiger partial charge on any atom is -0.385 e. The van der Waals surface area contributed by atoms with Gasteiger partial charge in [-0.25, -0.2) is 22.9 Å². The van der Waals surface area contributed by atoms with E-state index in [-0.39, 0.29) is 11.7 Å². The van der Waals surface area contributed by atoms with Gasteiger partial charge in [0.05, 0.1) is 6.61 Å². The van der Waals surface area contributed by atoms with E-state index in [1.165, 1.54) is 6.08 Å². The van der Waals surface area contributed by atoms with Gasteiger partial charge in [0.2, 0.25) is 6.30 Å². The molecule has 0 amide bonds. The van der Waals surface area contributed by atoms with Crippen LogP contribution in [0.4, 0.5) is 10.2 Å². The molecule has 0 aliphatic heterocycles. The van der Waals surface area contributed by atoms with Crippen LogP contribution >= 0.6 is 23.5 Å². The van der Waals surface area contributed by atoms with Crippen molar-refractivity contribution in [1.82, 2.24) is 9.55 Å². The van der Waals surface area contributed by atoms with Gasteiger partial charge in [0.1, 0.15) is 17.5 Å². The summed E-state index contributed by atoms with van der Waals surface area (Å²) in [6, 6.07) is 1.06. The summed E-state index contributed by atoms with van der Waals surface area (Å²) in [6.07, 6.45) is -1.57. The van der Waals surface area contributed by atoms with Gasteiger partial charge in [-0.15, -0.1) is 0 Å². The molecule has 16 nitrogen and oxygen atoms in total. The molecule has 0 saturated heterocycles. The number of halogens is 1. The van der Waals surface area contributed by atoms with Crippen LogP contribution in [-0.4, -0.2) is 59.7 Å². The van der Waals surface area contributed by atoms with E-state index in [9.17, 15) is 33.4 Å². The van der Waals surface area contributed by atoms with Crippen LogP contribution in [-0.2, 0) is 31.6 Å². The number of nitrogens with zero attached hydrogens (tertiary/aromatic N) is 2. The quantitative estimate of drug-likeness (QED) is 0.144. The predicted octanol–water partition coefficient (Wildman–Crippen LogP) is 0.595. The van der Waals surface area contributed by atoms with Crippen molar-refractivity contribution in [3.05, 3.63) is 34.9 Å². The summed E-state index contributed by atoms with van der Waals surface area (Å²) >= 11 is 0. The molecule has 0 bridgehead atoms. The summed E-state index contributed by atoms with van der Waals surface area (Å²) in [6.45, 7) is 2.12. The van der Waals surface area contributed by atoms with Gasteiger partial charge in [-0.05, 0) is 12.0 Å². The lowest BCUT2D eigenvalue weighted by Gasteiger charge is -2.36. The van der Waals surface area contributed by atoms with Gasteiger partial charge in [0.15, 0.2) is 0 Å². The van der Waals surface area contributed by atoms with Crippen LogP contribution in [0, 0.1) is 5.92 Å². The molecule has 1 aromatic heterocycles. The zero-order valence-electron chi connectivity index (χ0n) is 17.9. The molecule has 1 aromatic rings. The summed E-state index contributed by atoms with van der Waals surface area (Å²) in [5, 5.41) is 10.7. The Morgan fingerprint density at radius 1 is 1.21 bits per heavy atom. The van der Waals surface area contributed by atoms with Crippen LogP contribution in [0.2, 0.25) is 0 Å². The van der Waals surface area contributed by atoms with Crippen LogP contribution in [0.1, 0.15) is 20.1 Å². The molecule has 2 unspecified atom stereocenters. The van der Waals surface area contributed by atoms with E-state index in [1.807, 2.05) is 0 Å². The van der Waals surface area contributed by atoms with Gasteiger partial charge in [0, 0.05) is 13.3 Å². The molecule has 0 radical (unpaired) electrons. The minimum atomic E-state index is -5.82. The van der Waals surface area contributed by atoms with Crippen molar-refractivity contribution in [1.29, 1.82) is 0 Å². The highest BCUT2D eigenvalue weighted by Gasteiger charge is 2.47. The van der Waals surface area contributed by atoms with Gasteiger partial charge < -0.3 is 35.2 Å². The number of nitrogens with two attached hydrogens (primary N) is 1. The SMILES string of the molecule is CO[C@](/C=C/C(C)C)(COP(=O)(O)OP(=O)(O)OP(=O)(O)O)[C@@H](O)[C@@H](F)n1ccc(N)nc1=O. The average Bonchev–Trinajstić information content (AvgIpc) is 2.64. The standard InChI is InChI=1S/C14H25FN3O13P3/c1-9(2)4-6-14(28-3,11(19)12(15)18-7-5-10(16)17-13(18)20)8-29-33(24,25)31-34(26,27)30-32(21,22)23/h4-7,9,11-12,19H,8H2,1-3H3,(H,24,25)(H,26,27)(H2,16,17,20)(H2,21,22,23)/b6-4+/t11-,12-,14+/m0/s1. The third-order valence-electron chi connectivity index (χ3n) is 3.89. The number of phosphoric acid groups is 3. The van der Waals surface area contributed by atoms with Crippen LogP contribution in [0.3, 0.4) is 0 Å². The lowest BCUT2D eigenvalue weighted by molar-refractivity contribution is -0.135. The zero-order valence-corrected chi connectivity index (χ0v) is 20.6. The van der Waals surface area contributed by atoms with Crippen LogP contribution < -0.4 is 11.4 Å². The lowest BCUT2D eigenvalue weighted by atomic mass is 9.94. The summed E-state index contributed by atoms with van der Waals surface area (Å²) in [5.41, 5.74) is 1.85. The fourth-order valence-corrected chi connectivity index (χ4v) is 5.38. The molecular weight excluding hydrogens is 530 g/mol. The van der Waals surface area contributed by atoms with Crippen molar-refractivity contribution in [3.8, 4) is 0 Å². The number of hydrogen-bond donors (Lipinski definition) is 6. The molecule has 1 heterocycles. The highest BCUT2D eigenvalue weighted by atomic mass is 31.3. The first-order chi connectivity index (χ1) is 15.3. The molecule has 1 rings (SSSR count). The topological polar surface area (TPSA) is 250 Å². The molecule has 196 valence electrons. The zero-order chi connectivity index (χ0) is 26.5. The molecule has 0 saturated carbocycles. The molecule has 34 heavy (non-hydrogen) atoms. The maximum absolute atomic E-state index is 15.1. The summed E-state index contributed by atoms with van der Waals surface area (Å²) in [5.74, 6) is -0.458. The number of allylic oxidation sites excluding steroid dienone is 1. The van der Waals surface area contributed by atoms with Crippen molar-refractivity contribution >= 4 is 29.3 Å². The maximum atomic E-state index is 15.1. The van der Waals surface area contributed by atoms with Crippen molar-refractivity contribution in [3.63, 3.8) is 0 Å². The van der Waals surface area contributed by atoms with Gasteiger partial charge >= 0.3 is 29.2 Å². The number of nitrogen functional groups attached to an aromatic ring is 1. The smallest absolute Gasteiger partial charge is 0.385 e. The van der Waals surface area contributed by atoms with Crippen molar-refractivity contribution in [2.24, 2.45) is 5.92 Å². The third-order valence-corrected chi connectivity index (χ3v) is 7.67. The molecule has 0 aromatic carbocycles. The molecule has 0 spiro atoms. The average molecular weight is 555 g/mol. The van der Waals surface area contributed by atoms with Crippen LogP contribution in [0.15, 0.2) is 29.2 Å². The normalized spacial score (nSPS) is 19.9. The van der Waals surface area contributed by atoms with E-state index < -0.39 is 53.8 Å². The van der Waals surface area contributed by atoms with E-state index in [1.54, 1.807) is 13.8 Å². The third kappa shape index (κ3) is 9.38. The molecule has 0 aliphatic rings. The number of methoxy groups -OCH3 is 1. The van der Waals surface area contributed by atoms with Crippen molar-refractivity contribution < 1.29 is 60.6 Å². The van der Waals surface area contributed by atoms with E-state index in [0.717, 1.165) is 25.4 Å². The number of alkyl halides is 1.